The Balaban J connectivity index is 1.26. The van der Waals surface area contributed by atoms with Crippen molar-refractivity contribution in [1.82, 2.24) is 24.9 Å². The van der Waals surface area contributed by atoms with Crippen LogP contribution in [0.2, 0.25) is 0 Å². The number of nitrogens with zero attached hydrogens (tertiary/aromatic N) is 3. The molecule has 3 heterocycles. The Morgan fingerprint density at radius 1 is 1.06 bits per heavy atom. The molecule has 3 amide bonds. The molecule has 5 atom stereocenters. The molecule has 2 aromatic heterocycles. The summed E-state index contributed by atoms with van der Waals surface area (Å²) in [5, 5.41) is 4.50. The van der Waals surface area contributed by atoms with Gasteiger partial charge < -0.3 is 19.7 Å². The van der Waals surface area contributed by atoms with Gasteiger partial charge in [0, 0.05) is 25.1 Å². The zero-order valence-corrected chi connectivity index (χ0v) is 27.8. The first-order valence-electron chi connectivity index (χ1n) is 15.6. The Morgan fingerprint density at radius 3 is 2.57 bits per heavy atom. The maximum Gasteiger partial charge on any atom is 0.273 e. The van der Waals surface area contributed by atoms with Crippen LogP contribution in [0.4, 0.5) is 0 Å². The van der Waals surface area contributed by atoms with E-state index in [4.69, 9.17) is 9.47 Å². The van der Waals surface area contributed by atoms with Crippen LogP contribution in [0.1, 0.15) is 38.5 Å². The Labute approximate surface area is 277 Å². The molecule has 2 aliphatic carbocycles. The minimum atomic E-state index is -4.12. The normalized spacial score (nSPS) is 26.4. The van der Waals surface area contributed by atoms with Gasteiger partial charge in [-0.25, -0.2) is 13.1 Å². The van der Waals surface area contributed by atoms with Gasteiger partial charge in [-0.1, -0.05) is 48.6 Å². The molecule has 14 heteroatoms. The molecule has 2 fully saturated rings. The number of allylic oxidation sites excluding steroid dienone is 1. The molecule has 1 aliphatic heterocycles. The van der Waals surface area contributed by atoms with Gasteiger partial charge in [0.25, 0.3) is 15.9 Å². The van der Waals surface area contributed by atoms with E-state index in [2.05, 4.69) is 20.0 Å². The van der Waals surface area contributed by atoms with Crippen molar-refractivity contribution < 1.29 is 32.3 Å². The number of amides is 3. The number of thiophene rings is 1. The average molecular weight is 680 g/mol. The molecule has 0 radical (unpaired) electrons. The van der Waals surface area contributed by atoms with Gasteiger partial charge in [0.05, 0.1) is 25.0 Å². The van der Waals surface area contributed by atoms with Crippen LogP contribution < -0.4 is 19.5 Å². The molecule has 0 unspecified atom stereocenters. The van der Waals surface area contributed by atoms with Crippen molar-refractivity contribution in [2.45, 2.75) is 54.4 Å². The van der Waals surface area contributed by atoms with E-state index in [9.17, 15) is 22.8 Å². The largest absolute Gasteiger partial charge is 0.481 e. The summed E-state index contributed by atoms with van der Waals surface area (Å²) >= 11 is 0.993. The third kappa shape index (κ3) is 7.03. The van der Waals surface area contributed by atoms with Crippen LogP contribution in [0.15, 0.2) is 70.3 Å². The predicted molar refractivity (Wildman–Crippen MR) is 174 cm³/mol. The van der Waals surface area contributed by atoms with Gasteiger partial charge >= 0.3 is 0 Å². The number of hydrogen-bond acceptors (Lipinski definition) is 10. The molecule has 2 saturated carbocycles. The lowest BCUT2D eigenvalue weighted by Crippen LogP contribution is -2.54. The maximum absolute atomic E-state index is 14.1. The second-order valence-electron chi connectivity index (χ2n) is 12.2. The molecule has 248 valence electrons. The van der Waals surface area contributed by atoms with Crippen molar-refractivity contribution in [3.05, 3.63) is 66.1 Å². The SMILES string of the molecule is COc1cc(O[C@@H]2C[C@H]3C(=O)N[C@]4(C(=O)NS(=O)(=O)c5cccs5)C[C@H]4C=CCCCCN(C)C(=O)[C@@H]3C2)nc(-c2ccccc2)n1. The number of methoxy groups -OCH3 is 1. The topological polar surface area (TPSA) is 157 Å². The first-order chi connectivity index (χ1) is 22.6. The fraction of sp³-hybridized carbons (Fsp3) is 0.424. The molecule has 0 spiro atoms. The summed E-state index contributed by atoms with van der Waals surface area (Å²) in [5.41, 5.74) is -0.685. The van der Waals surface area contributed by atoms with Gasteiger partial charge in [-0.2, -0.15) is 9.97 Å². The third-order valence-electron chi connectivity index (χ3n) is 8.99. The number of hydrogen-bond donors (Lipinski definition) is 2. The average Bonchev–Trinajstić information content (AvgIpc) is 3.39. The summed E-state index contributed by atoms with van der Waals surface area (Å²) in [6.07, 6.45) is 6.30. The summed E-state index contributed by atoms with van der Waals surface area (Å²) in [5.74, 6) is -2.44. The molecule has 12 nitrogen and oxygen atoms in total. The monoisotopic (exact) mass is 679 g/mol. The predicted octanol–water partition coefficient (Wildman–Crippen LogP) is 3.57. The van der Waals surface area contributed by atoms with E-state index in [-0.39, 0.29) is 41.2 Å². The molecular weight excluding hydrogens is 643 g/mol. The number of aromatic nitrogens is 2. The quantitative estimate of drug-likeness (QED) is 0.357. The number of sulfonamides is 1. The number of carbonyl (C=O) groups excluding carboxylic acids is 3. The highest BCUT2D eigenvalue weighted by Gasteiger charge is 2.62. The molecule has 47 heavy (non-hydrogen) atoms. The lowest BCUT2D eigenvalue weighted by atomic mass is 9.93. The maximum atomic E-state index is 14.1. The summed E-state index contributed by atoms with van der Waals surface area (Å²) in [6, 6.07) is 13.9. The highest BCUT2D eigenvalue weighted by atomic mass is 32.2. The van der Waals surface area contributed by atoms with Crippen molar-refractivity contribution in [3.8, 4) is 23.1 Å². The Kier molecular flexibility index (Phi) is 9.33. The van der Waals surface area contributed by atoms with Crippen LogP contribution >= 0.6 is 11.3 Å². The van der Waals surface area contributed by atoms with Crippen LogP contribution in [0.3, 0.4) is 0 Å². The number of ether oxygens (including phenoxy) is 2. The van der Waals surface area contributed by atoms with Crippen molar-refractivity contribution in [3.63, 3.8) is 0 Å². The standard InChI is InChI=1S/C33H37N5O7S2/c1-38-15-9-4-3-8-13-22-20-33(22,32(41)37-47(42,43)28-14-10-16-46-28)36-30(39)24-17-23(18-25(24)31(38)40)45-27-19-26(44-2)34-29(35-27)21-11-6-5-7-12-21/h5-8,10-14,16,19,22-25H,3-4,9,15,17-18,20H2,1-2H3,(H,36,39)(H,37,41)/t22-,23-,24-,25-,33-/m1/s1. The van der Waals surface area contributed by atoms with Gasteiger partial charge in [-0.15, -0.1) is 11.3 Å². The van der Waals surface area contributed by atoms with Crippen LogP contribution in [-0.2, 0) is 24.4 Å². The Hall–Kier alpha value is -4.30. The van der Waals surface area contributed by atoms with Crippen molar-refractivity contribution >= 4 is 39.1 Å². The van der Waals surface area contributed by atoms with Gasteiger partial charge in [0.1, 0.15) is 15.9 Å². The minimum absolute atomic E-state index is 0.00321. The number of benzene rings is 1. The van der Waals surface area contributed by atoms with Gasteiger partial charge in [0.2, 0.25) is 23.6 Å². The van der Waals surface area contributed by atoms with Crippen molar-refractivity contribution in [2.24, 2.45) is 17.8 Å². The van der Waals surface area contributed by atoms with Gasteiger partial charge in [-0.3, -0.25) is 14.4 Å². The van der Waals surface area contributed by atoms with E-state index in [0.717, 1.165) is 36.2 Å². The molecule has 1 aromatic carbocycles. The van der Waals surface area contributed by atoms with Crippen molar-refractivity contribution in [1.29, 1.82) is 0 Å². The van der Waals surface area contributed by atoms with E-state index < -0.39 is 45.3 Å². The number of nitrogens with one attached hydrogen (secondary N) is 2. The zero-order valence-electron chi connectivity index (χ0n) is 26.1. The molecule has 6 rings (SSSR count). The molecular formula is C33H37N5O7S2. The number of rotatable bonds is 7. The fourth-order valence-corrected chi connectivity index (χ4v) is 8.38. The molecule has 0 saturated heterocycles. The smallest absolute Gasteiger partial charge is 0.273 e. The van der Waals surface area contributed by atoms with Gasteiger partial charge in [-0.05, 0) is 50.0 Å². The van der Waals surface area contributed by atoms with E-state index in [1.165, 1.54) is 13.2 Å². The van der Waals surface area contributed by atoms with E-state index in [0.29, 0.717) is 18.2 Å². The first-order valence-corrected chi connectivity index (χ1v) is 18.0. The van der Waals surface area contributed by atoms with Gasteiger partial charge in [0.15, 0.2) is 5.82 Å². The van der Waals surface area contributed by atoms with E-state index in [1.807, 2.05) is 42.5 Å². The molecule has 0 bridgehead atoms. The second kappa shape index (κ2) is 13.4. The summed E-state index contributed by atoms with van der Waals surface area (Å²) < 4.78 is 39.8. The summed E-state index contributed by atoms with van der Waals surface area (Å²) in [7, 11) is -0.893. The molecule has 3 aliphatic rings. The molecule has 3 aromatic rings. The lowest BCUT2D eigenvalue weighted by molar-refractivity contribution is -0.140. The third-order valence-corrected chi connectivity index (χ3v) is 11.7. The highest BCUT2D eigenvalue weighted by molar-refractivity contribution is 7.92. The summed E-state index contributed by atoms with van der Waals surface area (Å²) in [6.45, 7) is 0.545. The van der Waals surface area contributed by atoms with Crippen LogP contribution in [0.25, 0.3) is 11.4 Å². The number of fused-ring (bicyclic) bond motifs is 2. The number of carbonyl (C=O) groups is 3. The molecule has 2 N–H and O–H groups in total. The second-order valence-corrected chi connectivity index (χ2v) is 15.0. The fourth-order valence-electron chi connectivity index (χ4n) is 6.35. The van der Waals surface area contributed by atoms with Crippen LogP contribution in [0, 0.1) is 17.8 Å². The van der Waals surface area contributed by atoms with E-state index >= 15 is 0 Å². The van der Waals surface area contributed by atoms with E-state index in [1.54, 1.807) is 29.5 Å². The van der Waals surface area contributed by atoms with Crippen LogP contribution in [0.5, 0.6) is 11.8 Å². The minimum Gasteiger partial charge on any atom is -0.481 e. The van der Waals surface area contributed by atoms with Crippen molar-refractivity contribution in [2.75, 3.05) is 20.7 Å². The van der Waals surface area contributed by atoms with Crippen LogP contribution in [-0.4, -0.2) is 73.4 Å². The Bertz CT molecular complexity index is 1770. The Morgan fingerprint density at radius 2 is 1.83 bits per heavy atom. The first kappa shape index (κ1) is 32.6. The zero-order chi connectivity index (χ0) is 33.2. The lowest BCUT2D eigenvalue weighted by Gasteiger charge is -2.26. The highest BCUT2D eigenvalue weighted by Crippen LogP contribution is 2.47. The summed E-state index contributed by atoms with van der Waals surface area (Å²) in [4.78, 5) is 52.1.